The molecule has 0 amide bonds. The van der Waals surface area contributed by atoms with Crippen LogP contribution in [0.4, 0.5) is 0 Å². The molecule has 0 radical (unpaired) electrons. The highest BCUT2D eigenvalue weighted by Crippen LogP contribution is 1.95. The van der Waals surface area contributed by atoms with Gasteiger partial charge in [-0.05, 0) is 0 Å². The van der Waals surface area contributed by atoms with Gasteiger partial charge in [0.2, 0.25) is 0 Å². The Hall–Kier alpha value is -0.210. The molecule has 0 aliphatic rings. The summed E-state index contributed by atoms with van der Waals surface area (Å²) in [5, 5.41) is 0. The van der Waals surface area contributed by atoms with Crippen LogP contribution in [0.3, 0.4) is 0 Å². The third-order valence-electron chi connectivity index (χ3n) is 1.52. The average Bonchev–Trinajstić information content (AvgIpc) is 2.12. The predicted octanol–water partition coefficient (Wildman–Crippen LogP) is -1.64. The van der Waals surface area contributed by atoms with Crippen molar-refractivity contribution in [2.24, 2.45) is 5.73 Å². The standard InChI is InChI=1S/C6H17N3O3S/c1-8-13(10,11)9(4-3-7)5-6-12-2/h8H,3-7H2,1-2H3. The molecule has 0 fully saturated rings. The second-order valence-corrected chi connectivity index (χ2v) is 4.26. The molecule has 0 rings (SSSR count). The van der Waals surface area contributed by atoms with Crippen LogP contribution in [0.5, 0.6) is 0 Å². The lowest BCUT2D eigenvalue weighted by Gasteiger charge is -2.19. The summed E-state index contributed by atoms with van der Waals surface area (Å²) in [5.41, 5.74) is 5.28. The predicted molar refractivity (Wildman–Crippen MR) is 50.5 cm³/mol. The molecule has 6 nitrogen and oxygen atoms in total. The molecule has 0 saturated heterocycles. The lowest BCUT2D eigenvalue weighted by Crippen LogP contribution is -2.43. The first-order chi connectivity index (χ1) is 6.08. The molecule has 0 bridgehead atoms. The first-order valence-corrected chi connectivity index (χ1v) is 5.40. The van der Waals surface area contributed by atoms with Crippen molar-refractivity contribution in [3.8, 4) is 0 Å². The van der Waals surface area contributed by atoms with E-state index in [0.29, 0.717) is 26.2 Å². The maximum atomic E-state index is 11.3. The zero-order chi connectivity index (χ0) is 10.3. The first-order valence-electron chi connectivity index (χ1n) is 3.96. The number of hydrogen-bond acceptors (Lipinski definition) is 4. The van der Waals surface area contributed by atoms with Gasteiger partial charge in [-0.25, -0.2) is 4.72 Å². The number of methoxy groups -OCH3 is 1. The van der Waals surface area contributed by atoms with Crippen LogP contribution in [0, 0.1) is 0 Å². The van der Waals surface area contributed by atoms with E-state index in [9.17, 15) is 8.42 Å². The molecule has 0 aliphatic carbocycles. The van der Waals surface area contributed by atoms with Gasteiger partial charge in [0.1, 0.15) is 0 Å². The highest BCUT2D eigenvalue weighted by molar-refractivity contribution is 7.87. The summed E-state index contributed by atoms with van der Waals surface area (Å²) in [5.74, 6) is 0. The minimum absolute atomic E-state index is 0.296. The molecular weight excluding hydrogens is 194 g/mol. The lowest BCUT2D eigenvalue weighted by atomic mass is 10.6. The largest absolute Gasteiger partial charge is 0.383 e. The molecule has 0 saturated carbocycles. The van der Waals surface area contributed by atoms with E-state index in [-0.39, 0.29) is 0 Å². The average molecular weight is 211 g/mol. The minimum atomic E-state index is -3.37. The maximum absolute atomic E-state index is 11.3. The normalized spacial score (nSPS) is 12.3. The monoisotopic (exact) mass is 211 g/mol. The Kier molecular flexibility index (Phi) is 6.17. The summed E-state index contributed by atoms with van der Waals surface area (Å²) in [6.07, 6.45) is 0. The van der Waals surface area contributed by atoms with Gasteiger partial charge in [0, 0.05) is 33.8 Å². The molecule has 80 valence electrons. The fraction of sp³-hybridized carbons (Fsp3) is 1.00. The SMILES string of the molecule is CNS(=O)(=O)N(CCN)CCOC. The molecular formula is C6H17N3O3S. The van der Waals surface area contributed by atoms with Crippen LogP contribution >= 0.6 is 0 Å². The van der Waals surface area contributed by atoms with Gasteiger partial charge in [-0.15, -0.1) is 0 Å². The molecule has 0 unspecified atom stereocenters. The highest BCUT2D eigenvalue weighted by atomic mass is 32.2. The van der Waals surface area contributed by atoms with Gasteiger partial charge in [-0.3, -0.25) is 0 Å². The van der Waals surface area contributed by atoms with E-state index < -0.39 is 10.2 Å². The van der Waals surface area contributed by atoms with Crippen LogP contribution in [-0.4, -0.2) is 53.1 Å². The maximum Gasteiger partial charge on any atom is 0.279 e. The van der Waals surface area contributed by atoms with Crippen LogP contribution in [0.2, 0.25) is 0 Å². The van der Waals surface area contributed by atoms with Crippen molar-refractivity contribution in [3.63, 3.8) is 0 Å². The summed E-state index contributed by atoms with van der Waals surface area (Å²) in [6, 6.07) is 0. The van der Waals surface area contributed by atoms with Crippen LogP contribution in [0.1, 0.15) is 0 Å². The topological polar surface area (TPSA) is 84.7 Å². The van der Waals surface area contributed by atoms with E-state index >= 15 is 0 Å². The quantitative estimate of drug-likeness (QED) is 0.529. The lowest BCUT2D eigenvalue weighted by molar-refractivity contribution is 0.179. The Morgan fingerprint density at radius 2 is 2.08 bits per heavy atom. The number of nitrogens with one attached hydrogen (secondary N) is 1. The third-order valence-corrected chi connectivity index (χ3v) is 3.08. The van der Waals surface area contributed by atoms with Crippen molar-refractivity contribution in [1.82, 2.24) is 9.03 Å². The van der Waals surface area contributed by atoms with E-state index in [1.54, 1.807) is 0 Å². The fourth-order valence-corrected chi connectivity index (χ4v) is 1.74. The van der Waals surface area contributed by atoms with E-state index in [0.717, 1.165) is 0 Å². The van der Waals surface area contributed by atoms with Gasteiger partial charge in [-0.2, -0.15) is 12.7 Å². The van der Waals surface area contributed by atoms with Crippen molar-refractivity contribution >= 4 is 10.2 Å². The highest BCUT2D eigenvalue weighted by Gasteiger charge is 2.17. The van der Waals surface area contributed by atoms with Crippen molar-refractivity contribution in [2.45, 2.75) is 0 Å². The van der Waals surface area contributed by atoms with E-state index in [2.05, 4.69) is 4.72 Å². The molecule has 7 heteroatoms. The number of hydrogen-bond donors (Lipinski definition) is 2. The Bertz CT molecular complexity index is 217. The molecule has 3 N–H and O–H groups in total. The second-order valence-electron chi connectivity index (χ2n) is 2.39. The fourth-order valence-electron chi connectivity index (χ4n) is 0.818. The van der Waals surface area contributed by atoms with Crippen LogP contribution in [0.25, 0.3) is 0 Å². The van der Waals surface area contributed by atoms with Gasteiger partial charge < -0.3 is 10.5 Å². The molecule has 0 aromatic heterocycles. The molecule has 0 aliphatic heterocycles. The summed E-state index contributed by atoms with van der Waals surface area (Å²) in [6.45, 7) is 1.27. The van der Waals surface area contributed by atoms with Crippen LogP contribution in [-0.2, 0) is 14.9 Å². The summed E-state index contributed by atoms with van der Waals surface area (Å²) in [7, 11) is -0.484. The summed E-state index contributed by atoms with van der Waals surface area (Å²) in [4.78, 5) is 0. The van der Waals surface area contributed by atoms with Gasteiger partial charge in [0.25, 0.3) is 10.2 Å². The molecule has 13 heavy (non-hydrogen) atoms. The number of rotatable bonds is 7. The summed E-state index contributed by atoms with van der Waals surface area (Å²) >= 11 is 0. The Labute approximate surface area is 79.2 Å². The molecule has 0 atom stereocenters. The second kappa shape index (κ2) is 6.28. The third kappa shape index (κ3) is 4.53. The molecule has 0 aromatic rings. The van der Waals surface area contributed by atoms with E-state index in [1.165, 1.54) is 18.5 Å². The van der Waals surface area contributed by atoms with Crippen molar-refractivity contribution in [2.75, 3.05) is 40.4 Å². The first kappa shape index (κ1) is 12.8. The molecule has 0 aromatic carbocycles. The number of ether oxygens (including phenoxy) is 1. The van der Waals surface area contributed by atoms with Crippen molar-refractivity contribution in [1.29, 1.82) is 0 Å². The van der Waals surface area contributed by atoms with Crippen LogP contribution < -0.4 is 10.5 Å². The van der Waals surface area contributed by atoms with E-state index in [1.807, 2.05) is 0 Å². The zero-order valence-electron chi connectivity index (χ0n) is 7.99. The van der Waals surface area contributed by atoms with Gasteiger partial charge in [-0.1, -0.05) is 0 Å². The van der Waals surface area contributed by atoms with Crippen molar-refractivity contribution < 1.29 is 13.2 Å². The zero-order valence-corrected chi connectivity index (χ0v) is 8.80. The van der Waals surface area contributed by atoms with Gasteiger partial charge in [0.15, 0.2) is 0 Å². The smallest absolute Gasteiger partial charge is 0.279 e. The Morgan fingerprint density at radius 3 is 2.46 bits per heavy atom. The van der Waals surface area contributed by atoms with E-state index in [4.69, 9.17) is 10.5 Å². The van der Waals surface area contributed by atoms with Gasteiger partial charge in [0.05, 0.1) is 6.61 Å². The summed E-state index contributed by atoms with van der Waals surface area (Å²) < 4.78 is 30.9. The minimum Gasteiger partial charge on any atom is -0.383 e. The van der Waals surface area contributed by atoms with Crippen LogP contribution in [0.15, 0.2) is 0 Å². The number of nitrogens with two attached hydrogens (primary N) is 1. The molecule has 0 spiro atoms. The Morgan fingerprint density at radius 1 is 1.46 bits per heavy atom. The number of nitrogens with zero attached hydrogens (tertiary/aromatic N) is 1. The molecule has 0 heterocycles. The Balaban J connectivity index is 4.23. The van der Waals surface area contributed by atoms with Crippen molar-refractivity contribution in [3.05, 3.63) is 0 Å². The van der Waals surface area contributed by atoms with Gasteiger partial charge >= 0.3 is 0 Å².